The predicted molar refractivity (Wildman–Crippen MR) is 77.1 cm³/mol. The van der Waals surface area contributed by atoms with Crippen LogP contribution >= 0.6 is 0 Å². The standard InChI is InChI=1S/C14H26N4O/c1-11(2)15-8-6-14(19)16-7-5-9-18-13(4)10-12(3)17-18/h10-11,15H,5-9H2,1-4H3,(H,16,19). The van der Waals surface area contributed by atoms with Crippen molar-refractivity contribution < 1.29 is 4.79 Å². The first-order valence-corrected chi connectivity index (χ1v) is 7.00. The van der Waals surface area contributed by atoms with E-state index in [1.807, 2.05) is 11.6 Å². The minimum absolute atomic E-state index is 0.113. The Morgan fingerprint density at radius 1 is 1.37 bits per heavy atom. The molecule has 108 valence electrons. The Morgan fingerprint density at radius 2 is 2.11 bits per heavy atom. The molecule has 1 heterocycles. The largest absolute Gasteiger partial charge is 0.356 e. The molecule has 0 aromatic carbocycles. The number of aryl methyl sites for hydroxylation is 3. The highest BCUT2D eigenvalue weighted by Gasteiger charge is 2.03. The smallest absolute Gasteiger partial charge is 0.221 e. The van der Waals surface area contributed by atoms with Gasteiger partial charge in [0.15, 0.2) is 0 Å². The average molecular weight is 266 g/mol. The van der Waals surface area contributed by atoms with Gasteiger partial charge in [0, 0.05) is 37.8 Å². The van der Waals surface area contributed by atoms with E-state index in [1.165, 1.54) is 5.69 Å². The van der Waals surface area contributed by atoms with E-state index in [0.717, 1.165) is 25.2 Å². The van der Waals surface area contributed by atoms with Gasteiger partial charge < -0.3 is 10.6 Å². The number of carbonyl (C=O) groups excluding carboxylic acids is 1. The quantitative estimate of drug-likeness (QED) is 0.699. The lowest BCUT2D eigenvalue weighted by molar-refractivity contribution is -0.121. The van der Waals surface area contributed by atoms with Crippen LogP contribution in [-0.2, 0) is 11.3 Å². The number of rotatable bonds is 8. The summed E-state index contributed by atoms with van der Waals surface area (Å²) in [6, 6.07) is 2.50. The van der Waals surface area contributed by atoms with Crippen molar-refractivity contribution in [2.75, 3.05) is 13.1 Å². The molecule has 0 saturated heterocycles. The van der Waals surface area contributed by atoms with Crippen LogP contribution < -0.4 is 10.6 Å². The van der Waals surface area contributed by atoms with Gasteiger partial charge in [-0.3, -0.25) is 9.48 Å². The van der Waals surface area contributed by atoms with Gasteiger partial charge in [-0.1, -0.05) is 13.8 Å². The summed E-state index contributed by atoms with van der Waals surface area (Å²) < 4.78 is 1.99. The Kier molecular flexibility index (Phi) is 6.56. The van der Waals surface area contributed by atoms with Crippen LogP contribution in [0.5, 0.6) is 0 Å². The molecule has 0 fully saturated rings. The summed E-state index contributed by atoms with van der Waals surface area (Å²) in [7, 11) is 0. The molecule has 0 aliphatic rings. The molecule has 1 aromatic rings. The van der Waals surface area contributed by atoms with E-state index >= 15 is 0 Å². The summed E-state index contributed by atoms with van der Waals surface area (Å²) in [4.78, 5) is 11.5. The zero-order valence-corrected chi connectivity index (χ0v) is 12.5. The van der Waals surface area contributed by atoms with Crippen LogP contribution in [0.4, 0.5) is 0 Å². The monoisotopic (exact) mass is 266 g/mol. The molecule has 5 nitrogen and oxygen atoms in total. The van der Waals surface area contributed by atoms with Crippen molar-refractivity contribution in [3.8, 4) is 0 Å². The van der Waals surface area contributed by atoms with Crippen LogP contribution in [0.1, 0.15) is 38.1 Å². The summed E-state index contributed by atoms with van der Waals surface area (Å²) in [6.45, 7) is 10.5. The molecular weight excluding hydrogens is 240 g/mol. The third kappa shape index (κ3) is 6.38. The predicted octanol–water partition coefficient (Wildman–Crippen LogP) is 1.39. The first-order chi connectivity index (χ1) is 8.99. The van der Waals surface area contributed by atoms with Crippen molar-refractivity contribution in [2.45, 2.75) is 53.1 Å². The lowest BCUT2D eigenvalue weighted by atomic mass is 10.3. The molecule has 1 amide bonds. The van der Waals surface area contributed by atoms with Gasteiger partial charge >= 0.3 is 0 Å². The highest BCUT2D eigenvalue weighted by Crippen LogP contribution is 2.02. The van der Waals surface area contributed by atoms with Gasteiger partial charge in [-0.05, 0) is 26.3 Å². The number of carbonyl (C=O) groups is 1. The van der Waals surface area contributed by atoms with Gasteiger partial charge in [-0.25, -0.2) is 0 Å². The highest BCUT2D eigenvalue weighted by molar-refractivity contribution is 5.75. The maximum absolute atomic E-state index is 11.5. The van der Waals surface area contributed by atoms with E-state index < -0.39 is 0 Å². The van der Waals surface area contributed by atoms with Gasteiger partial charge in [0.05, 0.1) is 5.69 Å². The Labute approximate surface area is 115 Å². The minimum Gasteiger partial charge on any atom is -0.356 e. The van der Waals surface area contributed by atoms with Gasteiger partial charge in [0.2, 0.25) is 5.91 Å². The fourth-order valence-electron chi connectivity index (χ4n) is 1.92. The van der Waals surface area contributed by atoms with Crippen LogP contribution in [0.3, 0.4) is 0 Å². The third-order valence-corrected chi connectivity index (χ3v) is 2.88. The van der Waals surface area contributed by atoms with Crippen LogP contribution in [0.2, 0.25) is 0 Å². The zero-order valence-electron chi connectivity index (χ0n) is 12.5. The molecule has 0 bridgehead atoms. The van der Waals surface area contributed by atoms with Crippen LogP contribution in [0.25, 0.3) is 0 Å². The second-order valence-corrected chi connectivity index (χ2v) is 5.21. The molecule has 0 aliphatic heterocycles. The zero-order chi connectivity index (χ0) is 14.3. The molecule has 1 rings (SSSR count). The fourth-order valence-corrected chi connectivity index (χ4v) is 1.92. The second kappa shape index (κ2) is 7.94. The third-order valence-electron chi connectivity index (χ3n) is 2.88. The number of amides is 1. The van der Waals surface area contributed by atoms with Gasteiger partial charge in [-0.15, -0.1) is 0 Å². The first kappa shape index (κ1) is 15.7. The molecule has 0 aliphatic carbocycles. The van der Waals surface area contributed by atoms with Crippen LogP contribution in [0, 0.1) is 13.8 Å². The lowest BCUT2D eigenvalue weighted by Gasteiger charge is -2.09. The van der Waals surface area contributed by atoms with E-state index in [9.17, 15) is 4.79 Å². The molecule has 5 heteroatoms. The molecule has 0 spiro atoms. The molecule has 0 atom stereocenters. The summed E-state index contributed by atoms with van der Waals surface area (Å²) in [5.41, 5.74) is 2.21. The number of hydrogen-bond donors (Lipinski definition) is 2. The molecule has 0 radical (unpaired) electrons. The molecule has 0 unspecified atom stereocenters. The van der Waals surface area contributed by atoms with Gasteiger partial charge in [0.25, 0.3) is 0 Å². The molecular formula is C14H26N4O. The minimum atomic E-state index is 0.113. The van der Waals surface area contributed by atoms with E-state index in [4.69, 9.17) is 0 Å². The highest BCUT2D eigenvalue weighted by atomic mass is 16.1. The summed E-state index contributed by atoms with van der Waals surface area (Å²) in [5.74, 6) is 0.113. The summed E-state index contributed by atoms with van der Waals surface area (Å²) in [6.07, 6.45) is 1.45. The van der Waals surface area contributed by atoms with Crippen molar-refractivity contribution in [2.24, 2.45) is 0 Å². The van der Waals surface area contributed by atoms with Crippen molar-refractivity contribution in [3.05, 3.63) is 17.5 Å². The molecule has 1 aromatic heterocycles. The van der Waals surface area contributed by atoms with Crippen molar-refractivity contribution in [3.63, 3.8) is 0 Å². The Hall–Kier alpha value is -1.36. The van der Waals surface area contributed by atoms with Crippen LogP contribution in [-0.4, -0.2) is 34.8 Å². The SMILES string of the molecule is Cc1cc(C)n(CCCNC(=O)CCNC(C)C)n1. The Morgan fingerprint density at radius 3 is 2.68 bits per heavy atom. The van der Waals surface area contributed by atoms with Crippen LogP contribution in [0.15, 0.2) is 6.07 Å². The maximum atomic E-state index is 11.5. The Balaban J connectivity index is 2.10. The van der Waals surface area contributed by atoms with Gasteiger partial charge in [0.1, 0.15) is 0 Å². The lowest BCUT2D eigenvalue weighted by Crippen LogP contribution is -2.31. The van der Waals surface area contributed by atoms with E-state index in [2.05, 4.69) is 42.6 Å². The van der Waals surface area contributed by atoms with E-state index in [-0.39, 0.29) is 5.91 Å². The number of aromatic nitrogens is 2. The average Bonchev–Trinajstić information content (AvgIpc) is 2.63. The number of nitrogens with one attached hydrogen (secondary N) is 2. The fraction of sp³-hybridized carbons (Fsp3) is 0.714. The molecule has 0 saturated carbocycles. The van der Waals surface area contributed by atoms with Crippen molar-refractivity contribution in [1.82, 2.24) is 20.4 Å². The Bertz CT molecular complexity index is 398. The maximum Gasteiger partial charge on any atom is 0.221 e. The first-order valence-electron chi connectivity index (χ1n) is 7.00. The van der Waals surface area contributed by atoms with Crippen molar-refractivity contribution >= 4 is 5.91 Å². The molecule has 19 heavy (non-hydrogen) atoms. The second-order valence-electron chi connectivity index (χ2n) is 5.21. The normalized spacial score (nSPS) is 11.0. The van der Waals surface area contributed by atoms with Gasteiger partial charge in [-0.2, -0.15) is 5.10 Å². The summed E-state index contributed by atoms with van der Waals surface area (Å²) in [5, 5.41) is 10.6. The van der Waals surface area contributed by atoms with E-state index in [1.54, 1.807) is 0 Å². The number of hydrogen-bond acceptors (Lipinski definition) is 3. The number of nitrogens with zero attached hydrogens (tertiary/aromatic N) is 2. The van der Waals surface area contributed by atoms with Crippen molar-refractivity contribution in [1.29, 1.82) is 0 Å². The van der Waals surface area contributed by atoms with E-state index in [0.29, 0.717) is 19.0 Å². The summed E-state index contributed by atoms with van der Waals surface area (Å²) >= 11 is 0. The topological polar surface area (TPSA) is 59.0 Å². The molecule has 2 N–H and O–H groups in total.